The monoisotopic (exact) mass is 349 g/mol. The summed E-state index contributed by atoms with van der Waals surface area (Å²) in [4.78, 5) is 12.8. The highest BCUT2D eigenvalue weighted by molar-refractivity contribution is 7.80. The van der Waals surface area contributed by atoms with Gasteiger partial charge in [0.2, 0.25) is 0 Å². The number of amides is 1. The van der Waals surface area contributed by atoms with E-state index >= 15 is 0 Å². The predicted molar refractivity (Wildman–Crippen MR) is 108 cm³/mol. The van der Waals surface area contributed by atoms with E-state index in [0.717, 1.165) is 33.3 Å². The second-order valence-electron chi connectivity index (χ2n) is 5.96. The second-order valence-corrected chi connectivity index (χ2v) is 6.39. The molecule has 0 fully saturated rings. The molecule has 0 aliphatic heterocycles. The number of nitrogens with one attached hydrogen (secondary N) is 2. The van der Waals surface area contributed by atoms with E-state index in [2.05, 4.69) is 10.6 Å². The van der Waals surface area contributed by atoms with Gasteiger partial charge in [-0.2, -0.15) is 0 Å². The molecule has 4 N–H and O–H groups in total. The van der Waals surface area contributed by atoms with Crippen molar-refractivity contribution in [2.24, 2.45) is 5.73 Å². The van der Waals surface area contributed by atoms with Crippen molar-refractivity contribution in [3.05, 3.63) is 71.3 Å². The van der Waals surface area contributed by atoms with Crippen LogP contribution in [0.4, 0.5) is 11.4 Å². The van der Waals surface area contributed by atoms with E-state index in [4.69, 9.17) is 18.0 Å². The molecule has 126 valence electrons. The van der Waals surface area contributed by atoms with Crippen LogP contribution in [0.25, 0.3) is 10.8 Å². The van der Waals surface area contributed by atoms with Crippen molar-refractivity contribution in [1.82, 2.24) is 0 Å². The van der Waals surface area contributed by atoms with Gasteiger partial charge in [0.25, 0.3) is 5.91 Å². The number of rotatable bonds is 3. The van der Waals surface area contributed by atoms with Crippen LogP contribution in [0.15, 0.2) is 54.6 Å². The van der Waals surface area contributed by atoms with E-state index in [9.17, 15) is 4.79 Å². The van der Waals surface area contributed by atoms with Crippen molar-refractivity contribution in [3.8, 4) is 0 Å². The van der Waals surface area contributed by atoms with Crippen molar-refractivity contribution in [2.45, 2.75) is 13.8 Å². The van der Waals surface area contributed by atoms with Gasteiger partial charge in [-0.15, -0.1) is 0 Å². The third-order valence-corrected chi connectivity index (χ3v) is 4.18. The number of aryl methyl sites for hydroxylation is 2. The Balaban J connectivity index is 1.94. The smallest absolute Gasteiger partial charge is 0.256 e. The van der Waals surface area contributed by atoms with E-state index in [0.29, 0.717) is 5.56 Å². The molecule has 3 rings (SSSR count). The Morgan fingerprint density at radius 1 is 0.960 bits per heavy atom. The topological polar surface area (TPSA) is 67.2 Å². The number of thiocarbonyl (C=S) groups is 1. The highest BCUT2D eigenvalue weighted by Gasteiger charge is 2.13. The second kappa shape index (κ2) is 6.91. The zero-order valence-corrected chi connectivity index (χ0v) is 14.9. The van der Waals surface area contributed by atoms with Gasteiger partial charge in [-0.1, -0.05) is 36.4 Å². The summed E-state index contributed by atoms with van der Waals surface area (Å²) in [5.74, 6) is -0.127. The zero-order chi connectivity index (χ0) is 18.0. The zero-order valence-electron chi connectivity index (χ0n) is 14.1. The van der Waals surface area contributed by atoms with Crippen LogP contribution in [0.5, 0.6) is 0 Å². The third kappa shape index (κ3) is 3.61. The van der Waals surface area contributed by atoms with Crippen LogP contribution in [0.2, 0.25) is 0 Å². The Hall–Kier alpha value is -2.92. The summed E-state index contributed by atoms with van der Waals surface area (Å²) < 4.78 is 0. The lowest BCUT2D eigenvalue weighted by Crippen LogP contribution is -2.19. The van der Waals surface area contributed by atoms with E-state index in [1.54, 1.807) is 0 Å². The van der Waals surface area contributed by atoms with Crippen LogP contribution < -0.4 is 16.4 Å². The first kappa shape index (κ1) is 16.9. The lowest BCUT2D eigenvalue weighted by atomic mass is 10.0. The third-order valence-electron chi connectivity index (χ3n) is 4.07. The molecular weight excluding hydrogens is 330 g/mol. The summed E-state index contributed by atoms with van der Waals surface area (Å²) in [7, 11) is 0. The quantitative estimate of drug-likeness (QED) is 0.615. The molecule has 0 aromatic heterocycles. The Bertz CT molecular complexity index is 953. The maximum atomic E-state index is 12.8. The number of benzene rings is 3. The van der Waals surface area contributed by atoms with Crippen molar-refractivity contribution < 1.29 is 4.79 Å². The molecule has 0 aliphatic carbocycles. The van der Waals surface area contributed by atoms with Gasteiger partial charge in [0.1, 0.15) is 0 Å². The minimum Gasteiger partial charge on any atom is -0.376 e. The normalized spacial score (nSPS) is 10.5. The van der Waals surface area contributed by atoms with Crippen molar-refractivity contribution >= 4 is 45.4 Å². The van der Waals surface area contributed by atoms with Gasteiger partial charge in [0.15, 0.2) is 5.11 Å². The molecule has 0 unspecified atom stereocenters. The van der Waals surface area contributed by atoms with E-state index in [1.807, 2.05) is 68.4 Å². The summed E-state index contributed by atoms with van der Waals surface area (Å²) in [6.45, 7) is 3.88. The van der Waals surface area contributed by atoms with Crippen molar-refractivity contribution in [2.75, 3.05) is 10.6 Å². The molecule has 3 aromatic rings. The van der Waals surface area contributed by atoms with Crippen LogP contribution in [-0.4, -0.2) is 11.0 Å². The number of hydrogen-bond donors (Lipinski definition) is 3. The molecule has 5 heteroatoms. The van der Waals surface area contributed by atoms with Crippen LogP contribution in [0.1, 0.15) is 21.5 Å². The maximum Gasteiger partial charge on any atom is 0.256 e. The first-order valence-electron chi connectivity index (χ1n) is 7.92. The van der Waals surface area contributed by atoms with Gasteiger partial charge >= 0.3 is 0 Å². The molecule has 0 radical (unpaired) electrons. The van der Waals surface area contributed by atoms with Crippen LogP contribution in [0.3, 0.4) is 0 Å². The fraction of sp³-hybridized carbons (Fsp3) is 0.100. The molecule has 0 saturated heterocycles. The van der Waals surface area contributed by atoms with Gasteiger partial charge in [-0.05, 0) is 66.2 Å². The standard InChI is InChI=1S/C20H19N3OS/c1-12-10-15(22-20(21)25)11-13(2)18(12)23-19(24)17-9-5-7-14-6-3-4-8-16(14)17/h3-11H,1-2H3,(H,23,24)(H3,21,22,25). The van der Waals surface area contributed by atoms with Gasteiger partial charge in [0.05, 0.1) is 0 Å². The predicted octanol–water partition coefficient (Wildman–Crippen LogP) is 4.36. The van der Waals surface area contributed by atoms with Crippen molar-refractivity contribution in [1.29, 1.82) is 0 Å². The molecule has 3 aromatic carbocycles. The average Bonchev–Trinajstić information content (AvgIpc) is 2.57. The van der Waals surface area contributed by atoms with E-state index in [-0.39, 0.29) is 11.0 Å². The number of nitrogens with two attached hydrogens (primary N) is 1. The largest absolute Gasteiger partial charge is 0.376 e. The van der Waals surface area contributed by atoms with Gasteiger partial charge in [-0.3, -0.25) is 4.79 Å². The minimum absolute atomic E-state index is 0.127. The maximum absolute atomic E-state index is 12.8. The van der Waals surface area contributed by atoms with E-state index in [1.165, 1.54) is 0 Å². The Morgan fingerprint density at radius 3 is 2.28 bits per heavy atom. The highest BCUT2D eigenvalue weighted by atomic mass is 32.1. The van der Waals surface area contributed by atoms with Crippen LogP contribution in [-0.2, 0) is 0 Å². The fourth-order valence-corrected chi connectivity index (χ4v) is 3.10. The molecule has 0 heterocycles. The van der Waals surface area contributed by atoms with Gasteiger partial charge in [-0.25, -0.2) is 0 Å². The Morgan fingerprint density at radius 2 is 1.60 bits per heavy atom. The molecule has 0 aliphatic rings. The Labute approximate surface area is 152 Å². The molecule has 0 bridgehead atoms. The Kier molecular flexibility index (Phi) is 4.67. The number of hydrogen-bond acceptors (Lipinski definition) is 2. The SMILES string of the molecule is Cc1cc(NC(N)=S)cc(C)c1NC(=O)c1cccc2ccccc12. The van der Waals surface area contributed by atoms with Crippen LogP contribution >= 0.6 is 12.2 Å². The first-order chi connectivity index (χ1) is 12.0. The van der Waals surface area contributed by atoms with Gasteiger partial charge < -0.3 is 16.4 Å². The lowest BCUT2D eigenvalue weighted by Gasteiger charge is -2.15. The number of carbonyl (C=O) groups is 1. The molecule has 25 heavy (non-hydrogen) atoms. The number of fused-ring (bicyclic) bond motifs is 1. The van der Waals surface area contributed by atoms with Gasteiger partial charge in [0, 0.05) is 16.9 Å². The summed E-state index contributed by atoms with van der Waals surface area (Å²) >= 11 is 4.87. The summed E-state index contributed by atoms with van der Waals surface area (Å²) in [5, 5.41) is 8.15. The highest BCUT2D eigenvalue weighted by Crippen LogP contribution is 2.26. The van der Waals surface area contributed by atoms with Crippen molar-refractivity contribution in [3.63, 3.8) is 0 Å². The molecule has 0 atom stereocenters. The average molecular weight is 349 g/mol. The summed E-state index contributed by atoms with van der Waals surface area (Å²) in [5.41, 5.74) is 9.66. The van der Waals surface area contributed by atoms with E-state index < -0.39 is 0 Å². The molecule has 4 nitrogen and oxygen atoms in total. The number of anilines is 2. The number of carbonyl (C=O) groups excluding carboxylic acids is 1. The molecule has 0 spiro atoms. The minimum atomic E-state index is -0.127. The molecular formula is C20H19N3OS. The van der Waals surface area contributed by atoms with Crippen LogP contribution in [0, 0.1) is 13.8 Å². The summed E-state index contributed by atoms with van der Waals surface area (Å²) in [6, 6.07) is 17.4. The fourth-order valence-electron chi connectivity index (χ4n) is 2.98. The lowest BCUT2D eigenvalue weighted by molar-refractivity contribution is 0.102. The molecule has 1 amide bonds. The first-order valence-corrected chi connectivity index (χ1v) is 8.33. The summed E-state index contributed by atoms with van der Waals surface area (Å²) in [6.07, 6.45) is 0. The molecule has 0 saturated carbocycles.